The van der Waals surface area contributed by atoms with Crippen LogP contribution in [0.2, 0.25) is 0 Å². The molecule has 27 heavy (non-hydrogen) atoms. The number of nitrogens with zero attached hydrogens (tertiary/aromatic N) is 2. The van der Waals surface area contributed by atoms with Gasteiger partial charge in [-0.3, -0.25) is 9.59 Å². The summed E-state index contributed by atoms with van der Waals surface area (Å²) < 4.78 is 5.53. The summed E-state index contributed by atoms with van der Waals surface area (Å²) in [5.74, 6) is 2.27. The lowest BCUT2D eigenvalue weighted by Gasteiger charge is -2.36. The third-order valence-electron chi connectivity index (χ3n) is 6.40. The Balaban J connectivity index is 1.27. The number of fused-ring (bicyclic) bond motifs is 1. The van der Waals surface area contributed by atoms with Crippen LogP contribution in [0.25, 0.3) is 0 Å². The van der Waals surface area contributed by atoms with Crippen molar-refractivity contribution in [1.29, 1.82) is 0 Å². The van der Waals surface area contributed by atoms with E-state index in [1.54, 1.807) is 0 Å². The molecule has 0 saturated carbocycles. The first-order valence-corrected chi connectivity index (χ1v) is 10.4. The number of carbonyl (C=O) groups is 2. The van der Waals surface area contributed by atoms with Gasteiger partial charge in [0.2, 0.25) is 11.8 Å². The van der Waals surface area contributed by atoms with Gasteiger partial charge in [0.25, 0.3) is 0 Å². The summed E-state index contributed by atoms with van der Waals surface area (Å²) in [4.78, 5) is 29.4. The molecule has 3 aliphatic rings. The SMILES string of the molecule is CC1CCN(C(=O)C2CCN(C(=O)Cc3ccc4c(c3)CCO4)CC2)CC1. The Morgan fingerprint density at radius 1 is 1.04 bits per heavy atom. The van der Waals surface area contributed by atoms with Crippen LogP contribution in [0.4, 0.5) is 0 Å². The zero-order valence-corrected chi connectivity index (χ0v) is 16.3. The molecule has 2 saturated heterocycles. The number of ether oxygens (including phenoxy) is 1. The molecule has 3 heterocycles. The topological polar surface area (TPSA) is 49.9 Å². The maximum absolute atomic E-state index is 12.7. The summed E-state index contributed by atoms with van der Waals surface area (Å²) in [5, 5.41) is 0. The van der Waals surface area contributed by atoms with Crippen LogP contribution in [0, 0.1) is 11.8 Å². The standard InChI is InChI=1S/C22H30N2O3/c1-16-4-9-24(10-5-16)22(26)18-6-11-23(12-7-18)21(25)15-17-2-3-20-19(14-17)8-13-27-20/h2-3,14,16,18H,4-13,15H2,1H3. The first-order valence-electron chi connectivity index (χ1n) is 10.4. The summed E-state index contributed by atoms with van der Waals surface area (Å²) in [6.45, 7) is 6.22. The van der Waals surface area contributed by atoms with Gasteiger partial charge in [-0.2, -0.15) is 0 Å². The van der Waals surface area contributed by atoms with Gasteiger partial charge in [0.05, 0.1) is 13.0 Å². The van der Waals surface area contributed by atoms with Crippen molar-refractivity contribution in [3.63, 3.8) is 0 Å². The number of amides is 2. The monoisotopic (exact) mass is 370 g/mol. The van der Waals surface area contributed by atoms with Crippen LogP contribution in [-0.4, -0.2) is 54.4 Å². The smallest absolute Gasteiger partial charge is 0.226 e. The summed E-state index contributed by atoms with van der Waals surface area (Å²) in [5.41, 5.74) is 2.27. The van der Waals surface area contributed by atoms with Crippen molar-refractivity contribution in [2.45, 2.75) is 45.4 Å². The lowest BCUT2D eigenvalue weighted by molar-refractivity contribution is -0.141. The number of benzene rings is 1. The van der Waals surface area contributed by atoms with Crippen molar-refractivity contribution in [1.82, 2.24) is 9.80 Å². The van der Waals surface area contributed by atoms with Crippen LogP contribution in [0.15, 0.2) is 18.2 Å². The number of carbonyl (C=O) groups excluding carboxylic acids is 2. The number of piperidine rings is 2. The van der Waals surface area contributed by atoms with Gasteiger partial charge >= 0.3 is 0 Å². The molecule has 146 valence electrons. The number of rotatable bonds is 3. The third-order valence-corrected chi connectivity index (χ3v) is 6.40. The highest BCUT2D eigenvalue weighted by Crippen LogP contribution is 2.27. The molecule has 5 nitrogen and oxygen atoms in total. The van der Waals surface area contributed by atoms with E-state index in [1.165, 1.54) is 5.56 Å². The molecule has 4 rings (SSSR count). The largest absolute Gasteiger partial charge is 0.493 e. The minimum atomic E-state index is 0.0969. The summed E-state index contributed by atoms with van der Waals surface area (Å²) in [7, 11) is 0. The van der Waals surface area contributed by atoms with E-state index in [1.807, 2.05) is 17.0 Å². The van der Waals surface area contributed by atoms with Crippen LogP contribution in [0.5, 0.6) is 5.75 Å². The van der Waals surface area contributed by atoms with Gasteiger partial charge in [-0.25, -0.2) is 0 Å². The highest BCUT2D eigenvalue weighted by Gasteiger charge is 2.31. The van der Waals surface area contributed by atoms with Crippen LogP contribution in [-0.2, 0) is 22.4 Å². The zero-order chi connectivity index (χ0) is 18.8. The average molecular weight is 370 g/mol. The van der Waals surface area contributed by atoms with E-state index in [4.69, 9.17) is 4.74 Å². The van der Waals surface area contributed by atoms with E-state index in [0.717, 1.165) is 69.0 Å². The number of hydrogen-bond donors (Lipinski definition) is 0. The van der Waals surface area contributed by atoms with Crippen molar-refractivity contribution in [2.75, 3.05) is 32.8 Å². The van der Waals surface area contributed by atoms with E-state index in [0.29, 0.717) is 25.4 Å². The van der Waals surface area contributed by atoms with Gasteiger partial charge in [-0.15, -0.1) is 0 Å². The fourth-order valence-electron chi connectivity index (χ4n) is 4.50. The van der Waals surface area contributed by atoms with Crippen molar-refractivity contribution in [3.05, 3.63) is 29.3 Å². The van der Waals surface area contributed by atoms with Crippen LogP contribution in [0.3, 0.4) is 0 Å². The van der Waals surface area contributed by atoms with E-state index < -0.39 is 0 Å². The maximum Gasteiger partial charge on any atom is 0.226 e. The van der Waals surface area contributed by atoms with Crippen molar-refractivity contribution in [2.24, 2.45) is 11.8 Å². The van der Waals surface area contributed by atoms with E-state index in [2.05, 4.69) is 17.9 Å². The quantitative estimate of drug-likeness (QED) is 0.822. The first kappa shape index (κ1) is 18.3. The molecule has 0 atom stereocenters. The Hall–Kier alpha value is -2.04. The lowest BCUT2D eigenvalue weighted by Crippen LogP contribution is -2.46. The van der Waals surface area contributed by atoms with Crippen molar-refractivity contribution >= 4 is 11.8 Å². The second-order valence-corrected chi connectivity index (χ2v) is 8.38. The molecule has 0 spiro atoms. The molecule has 0 radical (unpaired) electrons. The van der Waals surface area contributed by atoms with Gasteiger partial charge in [0, 0.05) is 38.5 Å². The van der Waals surface area contributed by atoms with Crippen molar-refractivity contribution in [3.8, 4) is 5.75 Å². The van der Waals surface area contributed by atoms with Gasteiger partial charge < -0.3 is 14.5 Å². The number of hydrogen-bond acceptors (Lipinski definition) is 3. The predicted octanol–water partition coefficient (Wildman–Crippen LogP) is 2.66. The van der Waals surface area contributed by atoms with Crippen LogP contribution in [0.1, 0.15) is 43.7 Å². The Morgan fingerprint density at radius 2 is 1.74 bits per heavy atom. The summed E-state index contributed by atoms with van der Waals surface area (Å²) in [6.07, 6.45) is 5.21. The number of likely N-dealkylation sites (tertiary alicyclic amines) is 2. The van der Waals surface area contributed by atoms with Gasteiger partial charge in [-0.1, -0.05) is 19.1 Å². The highest BCUT2D eigenvalue weighted by atomic mass is 16.5. The molecule has 0 unspecified atom stereocenters. The zero-order valence-electron chi connectivity index (χ0n) is 16.3. The van der Waals surface area contributed by atoms with Gasteiger partial charge in [0.1, 0.15) is 5.75 Å². The molecule has 5 heteroatoms. The van der Waals surface area contributed by atoms with Crippen LogP contribution >= 0.6 is 0 Å². The highest BCUT2D eigenvalue weighted by molar-refractivity contribution is 5.81. The Morgan fingerprint density at radius 3 is 2.48 bits per heavy atom. The molecule has 0 N–H and O–H groups in total. The van der Waals surface area contributed by atoms with Gasteiger partial charge in [0.15, 0.2) is 0 Å². The first-order chi connectivity index (χ1) is 13.1. The van der Waals surface area contributed by atoms with Gasteiger partial charge in [-0.05, 0) is 48.8 Å². The molecule has 1 aromatic rings. The minimum Gasteiger partial charge on any atom is -0.493 e. The van der Waals surface area contributed by atoms with E-state index in [-0.39, 0.29) is 11.8 Å². The van der Waals surface area contributed by atoms with E-state index >= 15 is 0 Å². The summed E-state index contributed by atoms with van der Waals surface area (Å²) in [6, 6.07) is 6.08. The molecule has 0 aromatic heterocycles. The molecule has 1 aromatic carbocycles. The van der Waals surface area contributed by atoms with E-state index in [9.17, 15) is 9.59 Å². The molecular formula is C22H30N2O3. The average Bonchev–Trinajstić information content (AvgIpc) is 3.16. The second-order valence-electron chi connectivity index (χ2n) is 8.38. The normalized spacial score (nSPS) is 21.1. The fourth-order valence-corrected chi connectivity index (χ4v) is 4.50. The lowest BCUT2D eigenvalue weighted by atomic mass is 9.92. The third kappa shape index (κ3) is 4.12. The van der Waals surface area contributed by atoms with Crippen LogP contribution < -0.4 is 4.74 Å². The second kappa shape index (κ2) is 7.91. The Bertz CT molecular complexity index is 702. The Labute approximate surface area is 161 Å². The molecule has 3 aliphatic heterocycles. The van der Waals surface area contributed by atoms with Crippen molar-refractivity contribution < 1.29 is 14.3 Å². The fraction of sp³-hybridized carbons (Fsp3) is 0.636. The minimum absolute atomic E-state index is 0.0969. The maximum atomic E-state index is 12.7. The predicted molar refractivity (Wildman–Crippen MR) is 104 cm³/mol. The molecule has 2 amide bonds. The Kier molecular flexibility index (Phi) is 5.37. The molecule has 0 bridgehead atoms. The molecule has 2 fully saturated rings. The molecule has 0 aliphatic carbocycles. The summed E-state index contributed by atoms with van der Waals surface area (Å²) >= 11 is 0. The molecular weight excluding hydrogens is 340 g/mol.